The van der Waals surface area contributed by atoms with E-state index in [4.69, 9.17) is 11.6 Å². The van der Waals surface area contributed by atoms with Crippen molar-refractivity contribution >= 4 is 17.5 Å². The third-order valence-corrected chi connectivity index (χ3v) is 3.82. The number of carbonyl (C=O) groups excluding carboxylic acids is 1. The number of nitrogens with zero attached hydrogens (tertiary/aromatic N) is 4. The van der Waals surface area contributed by atoms with Crippen molar-refractivity contribution in [3.63, 3.8) is 0 Å². The highest BCUT2D eigenvalue weighted by Crippen LogP contribution is 2.18. The first-order valence-electron chi connectivity index (χ1n) is 7.58. The van der Waals surface area contributed by atoms with Crippen LogP contribution in [0.5, 0.6) is 0 Å². The highest BCUT2D eigenvalue weighted by molar-refractivity contribution is 6.30. The van der Waals surface area contributed by atoms with Crippen LogP contribution in [0, 0.1) is 0 Å². The van der Waals surface area contributed by atoms with Crippen molar-refractivity contribution in [3.05, 3.63) is 40.7 Å². The molecule has 1 unspecified atom stereocenters. The van der Waals surface area contributed by atoms with Gasteiger partial charge in [-0.15, -0.1) is 5.10 Å². The van der Waals surface area contributed by atoms with Crippen LogP contribution < -0.4 is 0 Å². The van der Waals surface area contributed by atoms with Crippen molar-refractivity contribution in [2.24, 2.45) is 0 Å². The number of rotatable bonds is 6. The Hall–Kier alpha value is -1.92. The van der Waals surface area contributed by atoms with Gasteiger partial charge in [-0.05, 0) is 38.0 Å². The zero-order chi connectivity index (χ0) is 17.0. The molecule has 1 aromatic heterocycles. The fourth-order valence-corrected chi connectivity index (χ4v) is 2.45. The lowest BCUT2D eigenvalue weighted by Crippen LogP contribution is -2.30. The van der Waals surface area contributed by atoms with Crippen molar-refractivity contribution in [2.45, 2.75) is 32.8 Å². The number of hydrogen-bond donors (Lipinski definition) is 1. The number of carbonyl (C=O) groups is 1. The number of benzene rings is 1. The molecule has 0 aliphatic carbocycles. The largest absolute Gasteiger partial charge is 0.393 e. The van der Waals surface area contributed by atoms with Gasteiger partial charge in [0.1, 0.15) is 0 Å². The molecule has 6 nitrogen and oxygen atoms in total. The van der Waals surface area contributed by atoms with E-state index in [2.05, 4.69) is 10.3 Å². The Morgan fingerprint density at radius 1 is 1.48 bits per heavy atom. The summed E-state index contributed by atoms with van der Waals surface area (Å²) in [5, 5.41) is 18.1. The molecule has 0 fully saturated rings. The Morgan fingerprint density at radius 3 is 2.83 bits per heavy atom. The van der Waals surface area contributed by atoms with Gasteiger partial charge >= 0.3 is 0 Å². The Morgan fingerprint density at radius 2 is 2.22 bits per heavy atom. The molecule has 0 saturated heterocycles. The third kappa shape index (κ3) is 4.09. The van der Waals surface area contributed by atoms with E-state index in [1.54, 1.807) is 35.7 Å². The van der Waals surface area contributed by atoms with Crippen molar-refractivity contribution in [3.8, 4) is 5.69 Å². The molecule has 1 aromatic carbocycles. The smallest absolute Gasteiger partial charge is 0.276 e. The standard InChI is InChI=1S/C16H21ClN4O2/c1-4-14-15(16(23)20(3)9-8-11(2)22)18-19-21(14)13-7-5-6-12(17)10-13/h5-7,10-11,22H,4,8-9H2,1-3H3. The van der Waals surface area contributed by atoms with Gasteiger partial charge in [0, 0.05) is 18.6 Å². The minimum atomic E-state index is -0.446. The number of aliphatic hydroxyl groups is 1. The van der Waals surface area contributed by atoms with Gasteiger partial charge < -0.3 is 10.0 Å². The van der Waals surface area contributed by atoms with E-state index in [0.29, 0.717) is 30.1 Å². The Kier molecular flexibility index (Phi) is 5.74. The normalized spacial score (nSPS) is 12.2. The molecule has 0 saturated carbocycles. The molecule has 0 aliphatic heterocycles. The maximum Gasteiger partial charge on any atom is 0.276 e. The van der Waals surface area contributed by atoms with Gasteiger partial charge in [-0.3, -0.25) is 4.79 Å². The van der Waals surface area contributed by atoms with Gasteiger partial charge in [0.15, 0.2) is 5.69 Å². The van der Waals surface area contributed by atoms with Gasteiger partial charge in [0.25, 0.3) is 5.91 Å². The van der Waals surface area contributed by atoms with Crippen LogP contribution in [-0.4, -0.2) is 50.6 Å². The Balaban J connectivity index is 2.29. The van der Waals surface area contributed by atoms with Crippen LogP contribution in [0.1, 0.15) is 36.5 Å². The third-order valence-electron chi connectivity index (χ3n) is 3.58. The maximum atomic E-state index is 12.6. The highest BCUT2D eigenvalue weighted by atomic mass is 35.5. The van der Waals surface area contributed by atoms with Crippen LogP contribution >= 0.6 is 11.6 Å². The van der Waals surface area contributed by atoms with E-state index in [0.717, 1.165) is 11.4 Å². The average Bonchev–Trinajstić information content (AvgIpc) is 2.95. The second kappa shape index (κ2) is 7.57. The summed E-state index contributed by atoms with van der Waals surface area (Å²) < 4.78 is 1.64. The predicted octanol–water partition coefficient (Wildman–Crippen LogP) is 2.33. The lowest BCUT2D eigenvalue weighted by atomic mass is 10.2. The molecule has 1 atom stereocenters. The van der Waals surface area contributed by atoms with Gasteiger partial charge in [0.05, 0.1) is 17.5 Å². The number of halogens is 1. The topological polar surface area (TPSA) is 71.2 Å². The first-order valence-corrected chi connectivity index (χ1v) is 7.95. The quantitative estimate of drug-likeness (QED) is 0.878. The van der Waals surface area contributed by atoms with E-state index >= 15 is 0 Å². The van der Waals surface area contributed by atoms with Crippen LogP contribution in [0.3, 0.4) is 0 Å². The summed E-state index contributed by atoms with van der Waals surface area (Å²) in [7, 11) is 1.70. The van der Waals surface area contributed by atoms with E-state index < -0.39 is 6.10 Å². The monoisotopic (exact) mass is 336 g/mol. The summed E-state index contributed by atoms with van der Waals surface area (Å²) in [5.74, 6) is -0.198. The summed E-state index contributed by atoms with van der Waals surface area (Å²) >= 11 is 6.02. The molecule has 1 amide bonds. The second-order valence-electron chi connectivity index (χ2n) is 5.49. The second-order valence-corrected chi connectivity index (χ2v) is 5.93. The Bertz CT molecular complexity index is 684. The van der Waals surface area contributed by atoms with Crippen molar-refractivity contribution in [1.82, 2.24) is 19.9 Å². The molecule has 0 radical (unpaired) electrons. The van der Waals surface area contributed by atoms with Gasteiger partial charge in [-0.1, -0.05) is 29.8 Å². The summed E-state index contributed by atoms with van der Waals surface area (Å²) in [4.78, 5) is 14.1. The van der Waals surface area contributed by atoms with Crippen LogP contribution in [0.4, 0.5) is 0 Å². The molecule has 2 rings (SSSR count). The molecule has 2 aromatic rings. The van der Waals surface area contributed by atoms with Crippen LogP contribution in [0.2, 0.25) is 5.02 Å². The minimum Gasteiger partial charge on any atom is -0.393 e. The summed E-state index contributed by atoms with van der Waals surface area (Å²) in [6.07, 6.45) is 0.690. The lowest BCUT2D eigenvalue weighted by molar-refractivity contribution is 0.0762. The number of aliphatic hydroxyl groups excluding tert-OH is 1. The summed E-state index contributed by atoms with van der Waals surface area (Å²) in [6, 6.07) is 7.25. The van der Waals surface area contributed by atoms with Crippen molar-refractivity contribution < 1.29 is 9.90 Å². The molecule has 23 heavy (non-hydrogen) atoms. The van der Waals surface area contributed by atoms with E-state index in [1.165, 1.54) is 0 Å². The van der Waals surface area contributed by atoms with Crippen molar-refractivity contribution in [1.29, 1.82) is 0 Å². The first-order chi connectivity index (χ1) is 10.9. The molecule has 1 heterocycles. The zero-order valence-corrected chi connectivity index (χ0v) is 14.3. The fraction of sp³-hybridized carbons (Fsp3) is 0.438. The first kappa shape index (κ1) is 17.4. The van der Waals surface area contributed by atoms with E-state index in [-0.39, 0.29) is 5.91 Å². The summed E-state index contributed by atoms with van der Waals surface area (Å²) in [5.41, 5.74) is 1.84. The SMILES string of the molecule is CCc1c(C(=O)N(C)CCC(C)O)nnn1-c1cccc(Cl)c1. The van der Waals surface area contributed by atoms with Gasteiger partial charge in [-0.2, -0.15) is 0 Å². The van der Waals surface area contributed by atoms with E-state index in [1.807, 2.05) is 19.1 Å². The molecule has 124 valence electrons. The molecule has 0 bridgehead atoms. The van der Waals surface area contributed by atoms with Gasteiger partial charge in [-0.25, -0.2) is 4.68 Å². The molecule has 1 N–H and O–H groups in total. The number of aromatic nitrogens is 3. The fourth-order valence-electron chi connectivity index (χ4n) is 2.26. The minimum absolute atomic E-state index is 0.198. The maximum absolute atomic E-state index is 12.6. The zero-order valence-electron chi connectivity index (χ0n) is 13.5. The van der Waals surface area contributed by atoms with Gasteiger partial charge in [0.2, 0.25) is 0 Å². The molecule has 7 heteroatoms. The Labute approximate surface area is 140 Å². The molecule has 0 spiro atoms. The predicted molar refractivity (Wildman–Crippen MR) is 89.0 cm³/mol. The van der Waals surface area contributed by atoms with Crippen LogP contribution in [-0.2, 0) is 6.42 Å². The number of amides is 1. The average molecular weight is 337 g/mol. The molecule has 0 aliphatic rings. The molecular formula is C16H21ClN4O2. The van der Waals surface area contributed by atoms with Crippen LogP contribution in [0.15, 0.2) is 24.3 Å². The van der Waals surface area contributed by atoms with Crippen molar-refractivity contribution in [2.75, 3.05) is 13.6 Å². The highest BCUT2D eigenvalue weighted by Gasteiger charge is 2.22. The van der Waals surface area contributed by atoms with Crippen LogP contribution in [0.25, 0.3) is 5.69 Å². The summed E-state index contributed by atoms with van der Waals surface area (Å²) in [6.45, 7) is 4.11. The lowest BCUT2D eigenvalue weighted by Gasteiger charge is -2.17. The van der Waals surface area contributed by atoms with E-state index in [9.17, 15) is 9.90 Å². The number of hydrogen-bond acceptors (Lipinski definition) is 4. The molecular weight excluding hydrogens is 316 g/mol.